The van der Waals surface area contributed by atoms with Gasteiger partial charge in [0, 0.05) is 32.0 Å². The molecule has 0 saturated heterocycles. The molecule has 0 unspecified atom stereocenters. The van der Waals surface area contributed by atoms with E-state index >= 15 is 0 Å². The van der Waals surface area contributed by atoms with Crippen molar-refractivity contribution in [1.82, 2.24) is 34.8 Å². The van der Waals surface area contributed by atoms with Crippen LogP contribution in [0, 0.1) is 0 Å². The topological polar surface area (TPSA) is 172 Å². The molecule has 36 heavy (non-hydrogen) atoms. The quantitative estimate of drug-likeness (QED) is 0.174. The third-order valence-electron chi connectivity index (χ3n) is 5.30. The maximum absolute atomic E-state index is 12.1. The van der Waals surface area contributed by atoms with Crippen molar-refractivity contribution in [3.8, 4) is 0 Å². The molecule has 0 spiro atoms. The number of hydrogen-bond donors (Lipinski definition) is 5. The number of carbonyl (C=O) groups excluding carboxylic acids is 1. The molecule has 1 aromatic carbocycles. The number of nitrogens with zero attached hydrogens (tertiary/aromatic N) is 5. The number of imidazole rings is 2. The van der Waals surface area contributed by atoms with Gasteiger partial charge >= 0.3 is 12.1 Å². The smallest absolute Gasteiger partial charge is 0.408 e. The van der Waals surface area contributed by atoms with E-state index in [4.69, 9.17) is 4.74 Å². The van der Waals surface area contributed by atoms with Crippen molar-refractivity contribution in [3.63, 3.8) is 0 Å². The average molecular weight is 494 g/mol. The first-order chi connectivity index (χ1) is 17.6. The van der Waals surface area contributed by atoms with Crippen LogP contribution in [0.1, 0.15) is 18.4 Å². The van der Waals surface area contributed by atoms with E-state index in [2.05, 4.69) is 40.9 Å². The van der Waals surface area contributed by atoms with E-state index in [1.807, 2.05) is 34.9 Å². The highest BCUT2D eigenvalue weighted by Crippen LogP contribution is 2.17. The van der Waals surface area contributed by atoms with Crippen molar-refractivity contribution in [2.24, 2.45) is 0 Å². The standard InChI is InChI=1S/C23H27N9O4/c33-21(34)17(31-23(35)36-13-16-5-2-1-3-6-16)7-9-24-19-18-20(29-14-28-19)32(15-30-18)12-4-8-25-22-26-10-11-27-22/h1-3,5-6,10-11,14-15,17H,4,7-9,12-13H2,(H,31,35)(H,33,34)(H,24,28,29)(H2,25,26,27)/t17-/m0/s1. The lowest BCUT2D eigenvalue weighted by Crippen LogP contribution is -2.42. The van der Waals surface area contributed by atoms with Crippen molar-refractivity contribution in [1.29, 1.82) is 0 Å². The highest BCUT2D eigenvalue weighted by molar-refractivity contribution is 5.83. The van der Waals surface area contributed by atoms with E-state index < -0.39 is 18.1 Å². The van der Waals surface area contributed by atoms with Gasteiger partial charge in [0.15, 0.2) is 17.4 Å². The summed E-state index contributed by atoms with van der Waals surface area (Å²) in [5, 5.41) is 18.2. The summed E-state index contributed by atoms with van der Waals surface area (Å²) in [6, 6.07) is 8.01. The zero-order valence-electron chi connectivity index (χ0n) is 19.4. The normalized spacial score (nSPS) is 11.7. The van der Waals surface area contributed by atoms with Gasteiger partial charge in [-0.2, -0.15) is 0 Å². The predicted octanol–water partition coefficient (Wildman–Crippen LogP) is 2.23. The molecule has 0 fully saturated rings. The summed E-state index contributed by atoms with van der Waals surface area (Å²) in [6.07, 6.45) is 6.70. The fraction of sp³-hybridized carbons (Fsp3) is 0.304. The van der Waals surface area contributed by atoms with Gasteiger partial charge in [-0.25, -0.2) is 29.5 Å². The van der Waals surface area contributed by atoms with Crippen molar-refractivity contribution < 1.29 is 19.4 Å². The highest BCUT2D eigenvalue weighted by Gasteiger charge is 2.21. The number of hydrogen-bond acceptors (Lipinski definition) is 9. The van der Waals surface area contributed by atoms with E-state index in [0.717, 1.165) is 24.5 Å². The zero-order chi connectivity index (χ0) is 25.2. The zero-order valence-corrected chi connectivity index (χ0v) is 19.4. The number of carboxylic acids is 1. The summed E-state index contributed by atoms with van der Waals surface area (Å²) in [5.74, 6) is 0.0508. The number of aliphatic carboxylic acids is 1. The number of aryl methyl sites for hydroxylation is 1. The summed E-state index contributed by atoms with van der Waals surface area (Å²) in [7, 11) is 0. The molecule has 0 aliphatic heterocycles. The molecular weight excluding hydrogens is 466 g/mol. The van der Waals surface area contributed by atoms with Gasteiger partial charge in [0.2, 0.25) is 0 Å². The second kappa shape index (κ2) is 12.1. The Labute approximate surface area is 206 Å². The number of fused-ring (bicyclic) bond motifs is 1. The number of carbonyl (C=O) groups is 2. The van der Waals surface area contributed by atoms with Gasteiger partial charge in [-0.1, -0.05) is 30.3 Å². The van der Waals surface area contributed by atoms with Crippen LogP contribution in [-0.2, 0) is 22.7 Å². The first kappa shape index (κ1) is 24.4. The SMILES string of the molecule is O=C(N[C@@H](CCNc1ncnc2c1ncn2CCCNc1ncc[nH]1)C(=O)O)OCc1ccccc1. The van der Waals surface area contributed by atoms with Crippen LogP contribution in [0.5, 0.6) is 0 Å². The molecular formula is C23H27N9O4. The van der Waals surface area contributed by atoms with Crippen LogP contribution in [-0.4, -0.2) is 65.8 Å². The van der Waals surface area contributed by atoms with Crippen LogP contribution in [0.15, 0.2) is 55.4 Å². The summed E-state index contributed by atoms with van der Waals surface area (Å²) < 4.78 is 7.05. The summed E-state index contributed by atoms with van der Waals surface area (Å²) in [4.78, 5) is 43.8. The Hall–Kier alpha value is -4.68. The van der Waals surface area contributed by atoms with Gasteiger partial charge in [0.25, 0.3) is 0 Å². The molecule has 13 nitrogen and oxygen atoms in total. The molecule has 1 amide bonds. The van der Waals surface area contributed by atoms with Gasteiger partial charge in [0.1, 0.15) is 24.5 Å². The molecule has 188 valence electrons. The molecule has 0 aliphatic rings. The fourth-order valence-corrected chi connectivity index (χ4v) is 3.49. The van der Waals surface area contributed by atoms with Crippen molar-refractivity contribution >= 4 is 35.0 Å². The molecule has 4 rings (SSSR count). The van der Waals surface area contributed by atoms with Crippen molar-refractivity contribution in [2.45, 2.75) is 32.0 Å². The minimum atomic E-state index is -1.16. The molecule has 3 heterocycles. The average Bonchev–Trinajstić information content (AvgIpc) is 3.56. The number of rotatable bonds is 13. The lowest BCUT2D eigenvalue weighted by Gasteiger charge is -2.15. The molecule has 0 aliphatic carbocycles. The fourth-order valence-electron chi connectivity index (χ4n) is 3.49. The first-order valence-corrected chi connectivity index (χ1v) is 11.4. The lowest BCUT2D eigenvalue weighted by atomic mass is 10.2. The van der Waals surface area contributed by atoms with E-state index in [0.29, 0.717) is 23.5 Å². The Bertz CT molecular complexity index is 1260. The van der Waals surface area contributed by atoms with E-state index in [-0.39, 0.29) is 19.6 Å². The number of H-pyrrole nitrogens is 1. The van der Waals surface area contributed by atoms with Crippen LogP contribution in [0.3, 0.4) is 0 Å². The van der Waals surface area contributed by atoms with Crippen LogP contribution >= 0.6 is 0 Å². The third-order valence-corrected chi connectivity index (χ3v) is 5.30. The van der Waals surface area contributed by atoms with Crippen molar-refractivity contribution in [2.75, 3.05) is 23.7 Å². The monoisotopic (exact) mass is 493 g/mol. The molecule has 0 radical (unpaired) electrons. The second-order valence-corrected chi connectivity index (χ2v) is 7.86. The summed E-state index contributed by atoms with van der Waals surface area (Å²) in [6.45, 7) is 1.71. The van der Waals surface area contributed by atoms with Crippen LogP contribution in [0.2, 0.25) is 0 Å². The molecule has 3 aromatic heterocycles. The van der Waals surface area contributed by atoms with Crippen LogP contribution in [0.25, 0.3) is 11.2 Å². The number of benzene rings is 1. The predicted molar refractivity (Wildman–Crippen MR) is 131 cm³/mol. The molecule has 0 bridgehead atoms. The van der Waals surface area contributed by atoms with E-state index in [1.165, 1.54) is 6.33 Å². The minimum Gasteiger partial charge on any atom is -0.480 e. The molecule has 5 N–H and O–H groups in total. The summed E-state index contributed by atoms with van der Waals surface area (Å²) in [5.41, 5.74) is 2.06. The maximum atomic E-state index is 12.1. The number of ether oxygens (including phenoxy) is 1. The van der Waals surface area contributed by atoms with Gasteiger partial charge in [-0.05, 0) is 18.4 Å². The first-order valence-electron chi connectivity index (χ1n) is 11.4. The molecule has 4 aromatic rings. The number of aromatic nitrogens is 6. The Morgan fingerprint density at radius 3 is 2.72 bits per heavy atom. The summed E-state index contributed by atoms with van der Waals surface area (Å²) >= 11 is 0. The Kier molecular flexibility index (Phi) is 8.25. The number of anilines is 2. The van der Waals surface area contributed by atoms with Gasteiger partial charge < -0.3 is 35.3 Å². The number of amides is 1. The highest BCUT2D eigenvalue weighted by atomic mass is 16.5. The largest absolute Gasteiger partial charge is 0.480 e. The Morgan fingerprint density at radius 2 is 1.94 bits per heavy atom. The molecule has 0 saturated carbocycles. The van der Waals surface area contributed by atoms with Gasteiger partial charge in [0.05, 0.1) is 6.33 Å². The van der Waals surface area contributed by atoms with Gasteiger partial charge in [-0.15, -0.1) is 0 Å². The number of nitrogens with one attached hydrogen (secondary N) is 4. The van der Waals surface area contributed by atoms with E-state index in [9.17, 15) is 14.7 Å². The van der Waals surface area contributed by atoms with Crippen LogP contribution in [0.4, 0.5) is 16.6 Å². The molecule has 13 heteroatoms. The van der Waals surface area contributed by atoms with Gasteiger partial charge in [-0.3, -0.25) is 0 Å². The van der Waals surface area contributed by atoms with E-state index in [1.54, 1.807) is 18.7 Å². The minimum absolute atomic E-state index is 0.0533. The Morgan fingerprint density at radius 1 is 1.08 bits per heavy atom. The maximum Gasteiger partial charge on any atom is 0.408 e. The lowest BCUT2D eigenvalue weighted by molar-refractivity contribution is -0.139. The number of alkyl carbamates (subject to hydrolysis) is 1. The second-order valence-electron chi connectivity index (χ2n) is 7.86. The third kappa shape index (κ3) is 6.68. The number of aromatic amines is 1. The molecule has 1 atom stereocenters. The number of carboxylic acid groups (broad SMARTS) is 1. The van der Waals surface area contributed by atoms with Crippen LogP contribution < -0.4 is 16.0 Å². The Balaban J connectivity index is 1.26. The van der Waals surface area contributed by atoms with Crippen molar-refractivity contribution in [3.05, 3.63) is 60.9 Å².